The van der Waals surface area contributed by atoms with Crippen LogP contribution in [0.1, 0.15) is 40.4 Å². The van der Waals surface area contributed by atoms with Crippen LogP contribution in [0.15, 0.2) is 66.7 Å². The highest BCUT2D eigenvalue weighted by Gasteiger charge is 2.22. The van der Waals surface area contributed by atoms with Crippen molar-refractivity contribution in [2.45, 2.75) is 33.2 Å². The molecular formula is C27H28N2O4. The van der Waals surface area contributed by atoms with Gasteiger partial charge in [0.2, 0.25) is 12.7 Å². The van der Waals surface area contributed by atoms with E-state index in [9.17, 15) is 9.59 Å². The van der Waals surface area contributed by atoms with E-state index in [-0.39, 0.29) is 25.0 Å². The number of hydrogen-bond acceptors (Lipinski definition) is 4. The van der Waals surface area contributed by atoms with Gasteiger partial charge in [-0.3, -0.25) is 9.59 Å². The quantitative estimate of drug-likeness (QED) is 0.550. The van der Waals surface area contributed by atoms with Crippen LogP contribution < -0.4 is 19.7 Å². The highest BCUT2D eigenvalue weighted by molar-refractivity contribution is 6.06. The van der Waals surface area contributed by atoms with Crippen molar-refractivity contribution < 1.29 is 19.1 Å². The van der Waals surface area contributed by atoms with E-state index in [1.54, 1.807) is 23.1 Å². The zero-order valence-corrected chi connectivity index (χ0v) is 19.0. The minimum atomic E-state index is -0.151. The van der Waals surface area contributed by atoms with Gasteiger partial charge in [0, 0.05) is 17.8 Å². The molecular weight excluding hydrogens is 416 g/mol. The fourth-order valence-corrected chi connectivity index (χ4v) is 3.69. The Morgan fingerprint density at radius 3 is 2.52 bits per heavy atom. The number of rotatable bonds is 8. The molecule has 0 aromatic heterocycles. The van der Waals surface area contributed by atoms with E-state index in [0.717, 1.165) is 28.8 Å². The lowest BCUT2D eigenvalue weighted by atomic mass is 10.1. The third kappa shape index (κ3) is 5.52. The first kappa shape index (κ1) is 22.4. The topological polar surface area (TPSA) is 67.9 Å². The SMILES string of the molecule is CCCNC(=O)Cc1cccc(N(Cc2ccc(C)cc2)C(=O)c2ccc3c(c2)OCO3)c1. The van der Waals surface area contributed by atoms with Crippen LogP contribution in [0.2, 0.25) is 0 Å². The van der Waals surface area contributed by atoms with E-state index in [2.05, 4.69) is 5.32 Å². The molecule has 6 nitrogen and oxygen atoms in total. The number of carbonyl (C=O) groups excluding carboxylic acids is 2. The molecule has 0 bridgehead atoms. The average molecular weight is 445 g/mol. The molecule has 3 aromatic carbocycles. The van der Waals surface area contributed by atoms with Crippen molar-refractivity contribution in [1.29, 1.82) is 0 Å². The number of nitrogens with zero attached hydrogens (tertiary/aromatic N) is 1. The van der Waals surface area contributed by atoms with Crippen LogP contribution >= 0.6 is 0 Å². The van der Waals surface area contributed by atoms with E-state index in [1.165, 1.54) is 0 Å². The van der Waals surface area contributed by atoms with Crippen LogP contribution in [0.3, 0.4) is 0 Å². The van der Waals surface area contributed by atoms with Crippen molar-refractivity contribution in [3.63, 3.8) is 0 Å². The Labute approximate surface area is 194 Å². The molecule has 33 heavy (non-hydrogen) atoms. The van der Waals surface area contributed by atoms with E-state index in [0.29, 0.717) is 30.2 Å². The number of anilines is 1. The Kier molecular flexibility index (Phi) is 6.93. The summed E-state index contributed by atoms with van der Waals surface area (Å²) in [6.07, 6.45) is 1.16. The number of benzene rings is 3. The molecule has 6 heteroatoms. The lowest BCUT2D eigenvalue weighted by molar-refractivity contribution is -0.120. The summed E-state index contributed by atoms with van der Waals surface area (Å²) < 4.78 is 10.8. The van der Waals surface area contributed by atoms with E-state index in [4.69, 9.17) is 9.47 Å². The maximum atomic E-state index is 13.6. The molecule has 0 spiro atoms. The number of aryl methyl sites for hydroxylation is 1. The monoisotopic (exact) mass is 444 g/mol. The molecule has 0 aliphatic carbocycles. The number of amides is 2. The van der Waals surface area contributed by atoms with Gasteiger partial charge in [0.1, 0.15) is 0 Å². The summed E-state index contributed by atoms with van der Waals surface area (Å²) in [5.41, 5.74) is 4.28. The maximum Gasteiger partial charge on any atom is 0.258 e. The molecule has 2 amide bonds. The number of carbonyl (C=O) groups is 2. The lowest BCUT2D eigenvalue weighted by Gasteiger charge is -2.24. The van der Waals surface area contributed by atoms with Gasteiger partial charge < -0.3 is 19.7 Å². The van der Waals surface area contributed by atoms with Crippen LogP contribution in [0.4, 0.5) is 5.69 Å². The fourth-order valence-electron chi connectivity index (χ4n) is 3.69. The fraction of sp³-hybridized carbons (Fsp3) is 0.259. The predicted octanol–water partition coefficient (Wildman–Crippen LogP) is 4.64. The minimum absolute atomic E-state index is 0.0267. The van der Waals surface area contributed by atoms with E-state index in [1.807, 2.05) is 62.4 Å². The maximum absolute atomic E-state index is 13.6. The van der Waals surface area contributed by atoms with Crippen molar-refractivity contribution in [1.82, 2.24) is 5.32 Å². The largest absolute Gasteiger partial charge is 0.454 e. The molecule has 170 valence electrons. The van der Waals surface area contributed by atoms with Crippen molar-refractivity contribution in [3.05, 3.63) is 89.0 Å². The minimum Gasteiger partial charge on any atom is -0.454 e. The molecule has 0 unspecified atom stereocenters. The third-order valence-corrected chi connectivity index (χ3v) is 5.49. The van der Waals surface area contributed by atoms with Crippen molar-refractivity contribution in [3.8, 4) is 11.5 Å². The van der Waals surface area contributed by atoms with Gasteiger partial charge in [0.05, 0.1) is 13.0 Å². The molecule has 4 rings (SSSR count). The highest BCUT2D eigenvalue weighted by Crippen LogP contribution is 2.33. The molecule has 1 aliphatic rings. The second-order valence-electron chi connectivity index (χ2n) is 8.14. The summed E-state index contributed by atoms with van der Waals surface area (Å²) in [6, 6.07) is 20.9. The summed E-state index contributed by atoms with van der Waals surface area (Å²) >= 11 is 0. The Morgan fingerprint density at radius 2 is 1.73 bits per heavy atom. The number of fused-ring (bicyclic) bond motifs is 1. The van der Waals surface area contributed by atoms with Gasteiger partial charge in [-0.05, 0) is 54.8 Å². The van der Waals surface area contributed by atoms with Gasteiger partial charge in [-0.1, -0.05) is 48.9 Å². The first-order valence-electron chi connectivity index (χ1n) is 11.2. The molecule has 0 radical (unpaired) electrons. The standard InChI is InChI=1S/C27H28N2O4/c1-3-13-28-26(30)15-21-5-4-6-23(14-21)29(17-20-9-7-19(2)8-10-20)27(31)22-11-12-24-25(16-22)33-18-32-24/h4-12,14,16H,3,13,15,17-18H2,1-2H3,(H,28,30). The molecule has 0 saturated carbocycles. The Balaban J connectivity index is 1.64. The lowest BCUT2D eigenvalue weighted by Crippen LogP contribution is -2.30. The van der Waals surface area contributed by atoms with Gasteiger partial charge >= 0.3 is 0 Å². The van der Waals surface area contributed by atoms with Gasteiger partial charge in [0.25, 0.3) is 5.91 Å². The normalized spacial score (nSPS) is 11.8. The highest BCUT2D eigenvalue weighted by atomic mass is 16.7. The second-order valence-corrected chi connectivity index (χ2v) is 8.14. The molecule has 3 aromatic rings. The smallest absolute Gasteiger partial charge is 0.258 e. The third-order valence-electron chi connectivity index (χ3n) is 5.49. The Morgan fingerprint density at radius 1 is 0.939 bits per heavy atom. The molecule has 0 atom stereocenters. The van der Waals surface area contributed by atoms with Gasteiger partial charge in [0.15, 0.2) is 11.5 Å². The van der Waals surface area contributed by atoms with E-state index >= 15 is 0 Å². The predicted molar refractivity (Wildman–Crippen MR) is 128 cm³/mol. The summed E-state index contributed by atoms with van der Waals surface area (Å²) in [5, 5.41) is 2.90. The van der Waals surface area contributed by atoms with Crippen LogP contribution in [-0.4, -0.2) is 25.2 Å². The Hall–Kier alpha value is -3.80. The van der Waals surface area contributed by atoms with Crippen molar-refractivity contribution in [2.24, 2.45) is 0 Å². The van der Waals surface area contributed by atoms with Crippen LogP contribution in [0.5, 0.6) is 11.5 Å². The summed E-state index contributed by atoms with van der Waals surface area (Å²) in [5.74, 6) is 1.02. The summed E-state index contributed by atoms with van der Waals surface area (Å²) in [6.45, 7) is 5.26. The number of ether oxygens (including phenoxy) is 2. The number of hydrogen-bond donors (Lipinski definition) is 1. The zero-order valence-electron chi connectivity index (χ0n) is 19.0. The number of nitrogens with one attached hydrogen (secondary N) is 1. The van der Waals surface area contributed by atoms with Crippen molar-refractivity contribution >= 4 is 17.5 Å². The summed E-state index contributed by atoms with van der Waals surface area (Å²) in [7, 11) is 0. The molecule has 1 N–H and O–H groups in total. The molecule has 0 saturated heterocycles. The molecule has 1 heterocycles. The molecule has 0 fully saturated rings. The first-order chi connectivity index (χ1) is 16.0. The zero-order chi connectivity index (χ0) is 23.2. The Bertz CT molecular complexity index is 1140. The van der Waals surface area contributed by atoms with Crippen LogP contribution in [-0.2, 0) is 17.8 Å². The summed E-state index contributed by atoms with van der Waals surface area (Å²) in [4.78, 5) is 27.6. The average Bonchev–Trinajstić information content (AvgIpc) is 3.30. The van der Waals surface area contributed by atoms with Crippen LogP contribution in [0, 0.1) is 6.92 Å². The van der Waals surface area contributed by atoms with E-state index < -0.39 is 0 Å². The van der Waals surface area contributed by atoms with Gasteiger partial charge in [-0.2, -0.15) is 0 Å². The van der Waals surface area contributed by atoms with Gasteiger partial charge in [-0.15, -0.1) is 0 Å². The van der Waals surface area contributed by atoms with Gasteiger partial charge in [-0.25, -0.2) is 0 Å². The van der Waals surface area contributed by atoms with Crippen molar-refractivity contribution in [2.75, 3.05) is 18.2 Å². The van der Waals surface area contributed by atoms with Crippen LogP contribution in [0.25, 0.3) is 0 Å². The second kappa shape index (κ2) is 10.2. The first-order valence-corrected chi connectivity index (χ1v) is 11.2. The molecule has 1 aliphatic heterocycles.